The van der Waals surface area contributed by atoms with Gasteiger partial charge in [-0.15, -0.1) is 0 Å². The molecule has 3 rings (SSSR count). The van der Waals surface area contributed by atoms with Crippen molar-refractivity contribution in [3.05, 3.63) is 41.1 Å². The number of hydrogen-bond donors (Lipinski definition) is 1. The highest BCUT2D eigenvalue weighted by atomic mass is 19.1. The van der Waals surface area contributed by atoms with Crippen molar-refractivity contribution in [2.24, 2.45) is 10.9 Å². The molecule has 1 unspecified atom stereocenters. The third-order valence-corrected chi connectivity index (χ3v) is 5.61. The molecule has 1 saturated heterocycles. The summed E-state index contributed by atoms with van der Waals surface area (Å²) in [6, 6.07) is 2.19. The Labute approximate surface area is 193 Å². The molecule has 0 aromatic heterocycles. The molecule has 0 saturated carbocycles. The van der Waals surface area contributed by atoms with Crippen LogP contribution in [0.3, 0.4) is 0 Å². The summed E-state index contributed by atoms with van der Waals surface area (Å²) in [7, 11) is 3.20. The summed E-state index contributed by atoms with van der Waals surface area (Å²) in [6.07, 6.45) is 3.83. The van der Waals surface area contributed by atoms with Crippen LogP contribution in [0.4, 0.5) is 8.78 Å². The maximum atomic E-state index is 14.8. The molecule has 0 aliphatic carbocycles. The van der Waals surface area contributed by atoms with Gasteiger partial charge in [0.15, 0.2) is 5.75 Å². The molecule has 10 heteroatoms. The van der Waals surface area contributed by atoms with Crippen LogP contribution < -0.4 is 10.2 Å². The van der Waals surface area contributed by atoms with E-state index in [1.54, 1.807) is 38.5 Å². The molecule has 1 amide bonds. The Hall–Kier alpha value is -2.56. The van der Waals surface area contributed by atoms with E-state index in [2.05, 4.69) is 10.3 Å². The van der Waals surface area contributed by atoms with E-state index < -0.39 is 17.4 Å². The highest BCUT2D eigenvalue weighted by Crippen LogP contribution is 2.27. The lowest BCUT2D eigenvalue weighted by Gasteiger charge is -2.39. The summed E-state index contributed by atoms with van der Waals surface area (Å²) in [6.45, 7) is 6.25. The lowest BCUT2D eigenvalue weighted by atomic mass is 9.99. The molecule has 0 radical (unpaired) electrons. The fourth-order valence-corrected chi connectivity index (χ4v) is 3.76. The maximum Gasteiger partial charge on any atom is 0.227 e. The topological polar surface area (TPSA) is 75.6 Å². The highest BCUT2D eigenvalue weighted by Gasteiger charge is 2.34. The van der Waals surface area contributed by atoms with Crippen LogP contribution in [0.25, 0.3) is 0 Å². The number of carbonyl (C=O) groups excluding carboxylic acids is 1. The monoisotopic (exact) mass is 466 g/mol. The van der Waals surface area contributed by atoms with Crippen molar-refractivity contribution in [1.29, 1.82) is 0 Å². The minimum atomic E-state index is -0.967. The quantitative estimate of drug-likeness (QED) is 0.505. The molecule has 1 atom stereocenters. The summed E-state index contributed by atoms with van der Waals surface area (Å²) < 4.78 is 39.7. The number of nitrogens with zero attached hydrogens (tertiary/aromatic N) is 3. The summed E-state index contributed by atoms with van der Waals surface area (Å²) >= 11 is 0. The first kappa shape index (κ1) is 25.1. The van der Waals surface area contributed by atoms with E-state index in [4.69, 9.17) is 14.3 Å². The standard InChI is InChI=1S/C23H32F2N4O4/c1-5-6-29(23(2)26-10-16(11-27-23)14-31-3)33-18-7-20(24)19(21(25)8-18)9-22(30)28-12-17(13-28)15-32-4/h7-8,10-11,17,26H,5-6,9,12-15H2,1-4H3. The zero-order valence-corrected chi connectivity index (χ0v) is 19.6. The first-order valence-electron chi connectivity index (χ1n) is 11.0. The fourth-order valence-electron chi connectivity index (χ4n) is 3.76. The van der Waals surface area contributed by atoms with Gasteiger partial charge >= 0.3 is 0 Å². The molecular weight excluding hydrogens is 434 g/mol. The van der Waals surface area contributed by atoms with E-state index >= 15 is 0 Å². The third-order valence-electron chi connectivity index (χ3n) is 5.61. The van der Waals surface area contributed by atoms with Crippen LogP contribution in [-0.4, -0.2) is 74.9 Å². The number of ether oxygens (including phenoxy) is 2. The summed E-state index contributed by atoms with van der Waals surface area (Å²) in [5, 5.41) is 4.68. The molecule has 182 valence electrons. The Morgan fingerprint density at radius 3 is 2.52 bits per heavy atom. The van der Waals surface area contributed by atoms with Gasteiger partial charge in [-0.05, 0) is 13.3 Å². The maximum absolute atomic E-state index is 14.8. The Morgan fingerprint density at radius 2 is 1.97 bits per heavy atom. The van der Waals surface area contributed by atoms with Crippen LogP contribution in [0.5, 0.6) is 5.75 Å². The van der Waals surface area contributed by atoms with E-state index in [0.29, 0.717) is 32.8 Å². The molecule has 1 aromatic carbocycles. The molecule has 2 heterocycles. The predicted molar refractivity (Wildman–Crippen MR) is 120 cm³/mol. The van der Waals surface area contributed by atoms with Crippen LogP contribution in [0.15, 0.2) is 28.9 Å². The van der Waals surface area contributed by atoms with Gasteiger partial charge in [-0.1, -0.05) is 12.0 Å². The van der Waals surface area contributed by atoms with Crippen molar-refractivity contribution >= 4 is 12.1 Å². The van der Waals surface area contributed by atoms with Gasteiger partial charge in [-0.3, -0.25) is 4.79 Å². The molecule has 1 fully saturated rings. The highest BCUT2D eigenvalue weighted by molar-refractivity contribution is 5.80. The fraction of sp³-hybridized carbons (Fsp3) is 0.565. The van der Waals surface area contributed by atoms with Gasteiger partial charge in [-0.25, -0.2) is 13.8 Å². The van der Waals surface area contributed by atoms with E-state index in [1.807, 2.05) is 6.92 Å². The van der Waals surface area contributed by atoms with Crippen LogP contribution in [-0.2, 0) is 20.7 Å². The van der Waals surface area contributed by atoms with Crippen LogP contribution in [0, 0.1) is 17.6 Å². The first-order valence-corrected chi connectivity index (χ1v) is 11.0. The molecule has 0 spiro atoms. The summed E-state index contributed by atoms with van der Waals surface area (Å²) in [5.41, 5.74) is 0.588. The number of hydroxylamine groups is 2. The van der Waals surface area contributed by atoms with E-state index in [-0.39, 0.29) is 29.6 Å². The van der Waals surface area contributed by atoms with Crippen molar-refractivity contribution in [2.45, 2.75) is 32.5 Å². The molecule has 8 nitrogen and oxygen atoms in total. The lowest BCUT2D eigenvalue weighted by Crippen LogP contribution is -2.56. The lowest BCUT2D eigenvalue weighted by molar-refractivity contribution is -0.145. The minimum absolute atomic E-state index is 0.0105. The van der Waals surface area contributed by atoms with Crippen molar-refractivity contribution in [2.75, 3.05) is 47.1 Å². The molecular formula is C23H32F2N4O4. The SMILES string of the molecule is CCCN(Oc1cc(F)c(CC(=O)N2CC(COC)C2)c(F)c1)C1(C)N=CC(COC)=CN1. The number of amides is 1. The number of likely N-dealkylation sites (tertiary alicyclic amines) is 1. The molecule has 33 heavy (non-hydrogen) atoms. The smallest absolute Gasteiger partial charge is 0.227 e. The average Bonchev–Trinajstić information content (AvgIpc) is 2.74. The van der Waals surface area contributed by atoms with E-state index in [0.717, 1.165) is 24.1 Å². The number of methoxy groups -OCH3 is 2. The zero-order valence-electron chi connectivity index (χ0n) is 19.6. The number of hydrogen-bond acceptors (Lipinski definition) is 7. The van der Waals surface area contributed by atoms with Gasteiger partial charge in [0.2, 0.25) is 11.7 Å². The van der Waals surface area contributed by atoms with Crippen LogP contribution in [0.1, 0.15) is 25.8 Å². The zero-order chi connectivity index (χ0) is 24.0. The van der Waals surface area contributed by atoms with Gasteiger partial charge in [0.1, 0.15) is 11.6 Å². The number of carbonyl (C=O) groups is 1. The van der Waals surface area contributed by atoms with Crippen molar-refractivity contribution < 1.29 is 27.9 Å². The number of nitrogens with one attached hydrogen (secondary N) is 1. The van der Waals surface area contributed by atoms with Crippen molar-refractivity contribution in [1.82, 2.24) is 15.3 Å². The predicted octanol–water partition coefficient (Wildman–Crippen LogP) is 2.50. The van der Waals surface area contributed by atoms with E-state index in [9.17, 15) is 13.6 Å². The average molecular weight is 467 g/mol. The van der Waals surface area contributed by atoms with Gasteiger partial charge in [-0.2, -0.15) is 0 Å². The van der Waals surface area contributed by atoms with Gasteiger partial charge < -0.3 is 24.5 Å². The largest absolute Gasteiger partial charge is 0.402 e. The Balaban J connectivity index is 1.68. The first-order chi connectivity index (χ1) is 15.8. The molecule has 2 aliphatic rings. The summed E-state index contributed by atoms with van der Waals surface area (Å²) in [5.74, 6) is -2.66. The molecule has 1 N–H and O–H groups in total. The Morgan fingerprint density at radius 1 is 1.27 bits per heavy atom. The van der Waals surface area contributed by atoms with Crippen molar-refractivity contribution in [3.63, 3.8) is 0 Å². The number of benzene rings is 1. The van der Waals surface area contributed by atoms with Gasteiger partial charge in [0.05, 0.1) is 19.6 Å². The Bertz CT molecular complexity index is 881. The second-order valence-corrected chi connectivity index (χ2v) is 8.43. The molecule has 2 aliphatic heterocycles. The number of halogens is 2. The number of rotatable bonds is 11. The second-order valence-electron chi connectivity index (χ2n) is 8.43. The van der Waals surface area contributed by atoms with Crippen LogP contribution >= 0.6 is 0 Å². The Kier molecular flexibility index (Phi) is 8.39. The second kappa shape index (κ2) is 11.0. The third kappa shape index (κ3) is 6.07. The molecule has 1 aromatic rings. The summed E-state index contributed by atoms with van der Waals surface area (Å²) in [4.78, 5) is 24.3. The van der Waals surface area contributed by atoms with E-state index in [1.165, 1.54) is 5.06 Å². The minimum Gasteiger partial charge on any atom is -0.402 e. The normalized spacial score (nSPS) is 20.5. The number of aliphatic imine (C=N–C) groups is 1. The molecule has 0 bridgehead atoms. The van der Waals surface area contributed by atoms with Gasteiger partial charge in [0.25, 0.3) is 0 Å². The van der Waals surface area contributed by atoms with Gasteiger partial charge in [0, 0.05) is 75.5 Å². The van der Waals surface area contributed by atoms with Crippen LogP contribution in [0.2, 0.25) is 0 Å². The van der Waals surface area contributed by atoms with Crippen molar-refractivity contribution in [3.8, 4) is 5.75 Å².